The first kappa shape index (κ1) is 22.8. The predicted octanol–water partition coefficient (Wildman–Crippen LogP) is 8.74. The SMILES string of the molecule is CCCCc1ccc(-c2ccc(CC[C@H]3CC[C@H](C=CCCCF)CC3)cc2)cc1. The number of allylic oxidation sites excluding steroid dienone is 2. The summed E-state index contributed by atoms with van der Waals surface area (Å²) in [6.07, 6.45) is 17.6. The van der Waals surface area contributed by atoms with E-state index in [1.54, 1.807) is 0 Å². The van der Waals surface area contributed by atoms with E-state index in [2.05, 4.69) is 67.6 Å². The third-order valence-corrected chi connectivity index (χ3v) is 6.71. The average molecular weight is 407 g/mol. The van der Waals surface area contributed by atoms with Crippen LogP contribution in [0.4, 0.5) is 4.39 Å². The van der Waals surface area contributed by atoms with Gasteiger partial charge in [-0.25, -0.2) is 0 Å². The van der Waals surface area contributed by atoms with Gasteiger partial charge < -0.3 is 0 Å². The number of unbranched alkanes of at least 4 members (excludes halogenated alkanes) is 2. The lowest BCUT2D eigenvalue weighted by molar-refractivity contribution is 0.296. The van der Waals surface area contributed by atoms with Crippen LogP contribution in [0.5, 0.6) is 0 Å². The molecule has 1 saturated carbocycles. The molecule has 0 nitrogen and oxygen atoms in total. The molecule has 0 unspecified atom stereocenters. The van der Waals surface area contributed by atoms with Crippen LogP contribution in [0.3, 0.4) is 0 Å². The highest BCUT2D eigenvalue weighted by Gasteiger charge is 2.19. The summed E-state index contributed by atoms with van der Waals surface area (Å²) in [5.41, 5.74) is 5.55. The van der Waals surface area contributed by atoms with E-state index in [1.807, 2.05) is 0 Å². The Morgan fingerprint density at radius 2 is 1.40 bits per heavy atom. The Labute approximate surface area is 183 Å². The highest BCUT2D eigenvalue weighted by atomic mass is 19.1. The second-order valence-corrected chi connectivity index (χ2v) is 9.08. The van der Waals surface area contributed by atoms with Gasteiger partial charge in [0.2, 0.25) is 0 Å². The Kier molecular flexibility index (Phi) is 9.67. The zero-order valence-electron chi connectivity index (χ0n) is 18.8. The average Bonchev–Trinajstić information content (AvgIpc) is 2.81. The number of benzene rings is 2. The molecule has 2 aromatic carbocycles. The van der Waals surface area contributed by atoms with Gasteiger partial charge in [-0.3, -0.25) is 4.39 Å². The molecular weight excluding hydrogens is 367 g/mol. The molecule has 0 heterocycles. The number of halogens is 1. The molecule has 0 atom stereocenters. The lowest BCUT2D eigenvalue weighted by Crippen LogP contribution is -2.13. The molecule has 2 aromatic rings. The molecule has 30 heavy (non-hydrogen) atoms. The summed E-state index contributed by atoms with van der Waals surface area (Å²) in [4.78, 5) is 0. The Morgan fingerprint density at radius 3 is 1.97 bits per heavy atom. The number of aryl methyl sites for hydroxylation is 2. The molecule has 162 valence electrons. The lowest BCUT2D eigenvalue weighted by atomic mass is 9.79. The van der Waals surface area contributed by atoms with Gasteiger partial charge in [-0.2, -0.15) is 0 Å². The molecular formula is C29H39F. The first-order chi connectivity index (χ1) is 14.8. The third-order valence-electron chi connectivity index (χ3n) is 6.71. The Hall–Kier alpha value is -1.89. The van der Waals surface area contributed by atoms with Crippen LogP contribution in [0.25, 0.3) is 11.1 Å². The normalized spacial score (nSPS) is 19.4. The zero-order chi connectivity index (χ0) is 21.0. The molecule has 1 aliphatic rings. The standard InChI is InChI=1S/C29H39F/c1-2-3-7-24-15-19-28(20-16-24)29-21-17-27(18-22-29)14-13-26-11-9-25(10-12-26)8-5-4-6-23-30/h5,8,15-22,25-26H,2-4,6-7,9-14,23H2,1H3/t25-,26-. The Bertz CT molecular complexity index is 733. The minimum atomic E-state index is -0.191. The van der Waals surface area contributed by atoms with Crippen LogP contribution in [0.1, 0.15) is 75.8 Å². The number of hydrogen-bond donors (Lipinski definition) is 0. The largest absolute Gasteiger partial charge is 0.251 e. The molecule has 1 aliphatic carbocycles. The van der Waals surface area contributed by atoms with Gasteiger partial charge in [-0.1, -0.05) is 74.0 Å². The van der Waals surface area contributed by atoms with Crippen molar-refractivity contribution in [3.05, 3.63) is 71.8 Å². The van der Waals surface area contributed by atoms with Gasteiger partial charge in [0.05, 0.1) is 6.67 Å². The van der Waals surface area contributed by atoms with Crippen molar-refractivity contribution in [1.29, 1.82) is 0 Å². The molecule has 0 amide bonds. The van der Waals surface area contributed by atoms with Crippen molar-refractivity contribution in [2.75, 3.05) is 6.67 Å². The van der Waals surface area contributed by atoms with Crippen LogP contribution >= 0.6 is 0 Å². The van der Waals surface area contributed by atoms with Crippen LogP contribution in [0.15, 0.2) is 60.7 Å². The highest BCUT2D eigenvalue weighted by Crippen LogP contribution is 2.32. The highest BCUT2D eigenvalue weighted by molar-refractivity contribution is 5.64. The van der Waals surface area contributed by atoms with Crippen molar-refractivity contribution < 1.29 is 4.39 Å². The van der Waals surface area contributed by atoms with E-state index >= 15 is 0 Å². The van der Waals surface area contributed by atoms with E-state index in [1.165, 1.54) is 80.0 Å². The second kappa shape index (κ2) is 12.7. The van der Waals surface area contributed by atoms with Gasteiger partial charge in [0.15, 0.2) is 0 Å². The first-order valence-electron chi connectivity index (χ1n) is 12.2. The Balaban J connectivity index is 1.41. The van der Waals surface area contributed by atoms with E-state index in [4.69, 9.17) is 0 Å². The fourth-order valence-electron chi connectivity index (χ4n) is 4.63. The summed E-state index contributed by atoms with van der Waals surface area (Å²) in [7, 11) is 0. The minimum absolute atomic E-state index is 0.191. The van der Waals surface area contributed by atoms with Crippen molar-refractivity contribution in [2.24, 2.45) is 11.8 Å². The van der Waals surface area contributed by atoms with E-state index in [0.717, 1.165) is 18.3 Å². The predicted molar refractivity (Wildman–Crippen MR) is 129 cm³/mol. The summed E-state index contributed by atoms with van der Waals surface area (Å²) in [5.74, 6) is 1.60. The second-order valence-electron chi connectivity index (χ2n) is 9.08. The van der Waals surface area contributed by atoms with Crippen LogP contribution < -0.4 is 0 Å². The monoisotopic (exact) mass is 406 g/mol. The number of hydrogen-bond acceptors (Lipinski definition) is 0. The van der Waals surface area contributed by atoms with Gasteiger partial charge in [0.25, 0.3) is 0 Å². The molecule has 0 aromatic heterocycles. The Morgan fingerprint density at radius 1 is 0.800 bits per heavy atom. The molecule has 0 spiro atoms. The van der Waals surface area contributed by atoms with Crippen LogP contribution in [0.2, 0.25) is 0 Å². The lowest BCUT2D eigenvalue weighted by Gasteiger charge is -2.26. The molecule has 0 N–H and O–H groups in total. The third kappa shape index (κ3) is 7.42. The van der Waals surface area contributed by atoms with E-state index in [-0.39, 0.29) is 6.67 Å². The first-order valence-corrected chi connectivity index (χ1v) is 12.2. The van der Waals surface area contributed by atoms with Gasteiger partial charge in [-0.15, -0.1) is 0 Å². The molecule has 1 heteroatoms. The summed E-state index contributed by atoms with van der Waals surface area (Å²) in [5, 5.41) is 0. The van der Waals surface area contributed by atoms with E-state index in [0.29, 0.717) is 6.42 Å². The fourth-order valence-corrected chi connectivity index (χ4v) is 4.63. The number of rotatable bonds is 11. The molecule has 0 aliphatic heterocycles. The van der Waals surface area contributed by atoms with Crippen LogP contribution in [-0.2, 0) is 12.8 Å². The fraction of sp³-hybridized carbons (Fsp3) is 0.517. The van der Waals surface area contributed by atoms with Gasteiger partial charge in [0, 0.05) is 0 Å². The van der Waals surface area contributed by atoms with Gasteiger partial charge >= 0.3 is 0 Å². The number of alkyl halides is 1. The van der Waals surface area contributed by atoms with E-state index in [9.17, 15) is 4.39 Å². The van der Waals surface area contributed by atoms with Crippen molar-refractivity contribution in [2.45, 2.75) is 77.6 Å². The molecule has 0 saturated heterocycles. The maximum Gasteiger partial charge on any atom is 0.0897 e. The summed E-state index contributed by atoms with van der Waals surface area (Å²) < 4.78 is 12.2. The maximum atomic E-state index is 12.2. The van der Waals surface area contributed by atoms with Gasteiger partial charge in [-0.05, 0) is 98.3 Å². The summed E-state index contributed by atoms with van der Waals surface area (Å²) in [6, 6.07) is 18.3. The topological polar surface area (TPSA) is 0 Å². The maximum absolute atomic E-state index is 12.2. The molecule has 3 rings (SSSR count). The van der Waals surface area contributed by atoms with Crippen molar-refractivity contribution >= 4 is 0 Å². The minimum Gasteiger partial charge on any atom is -0.251 e. The molecule has 1 fully saturated rings. The zero-order valence-corrected chi connectivity index (χ0v) is 18.8. The van der Waals surface area contributed by atoms with Crippen LogP contribution in [0, 0.1) is 11.8 Å². The smallest absolute Gasteiger partial charge is 0.0897 e. The summed E-state index contributed by atoms with van der Waals surface area (Å²) >= 11 is 0. The van der Waals surface area contributed by atoms with Crippen LogP contribution in [-0.4, -0.2) is 6.67 Å². The quantitative estimate of drug-likeness (QED) is 0.258. The van der Waals surface area contributed by atoms with Crippen molar-refractivity contribution in [3.63, 3.8) is 0 Å². The van der Waals surface area contributed by atoms with Crippen molar-refractivity contribution in [3.8, 4) is 11.1 Å². The summed E-state index contributed by atoms with van der Waals surface area (Å²) in [6.45, 7) is 2.06. The van der Waals surface area contributed by atoms with Crippen molar-refractivity contribution in [1.82, 2.24) is 0 Å². The van der Waals surface area contributed by atoms with Gasteiger partial charge in [0.1, 0.15) is 0 Å². The molecule has 0 radical (unpaired) electrons. The van der Waals surface area contributed by atoms with E-state index < -0.39 is 0 Å². The molecule has 0 bridgehead atoms.